The van der Waals surface area contributed by atoms with Gasteiger partial charge in [0.1, 0.15) is 11.3 Å². The zero-order valence-corrected chi connectivity index (χ0v) is 17.4. The number of hydrogen-bond donors (Lipinski definition) is 0. The summed E-state index contributed by atoms with van der Waals surface area (Å²) < 4.78 is 11.3. The van der Waals surface area contributed by atoms with Gasteiger partial charge in [0.25, 0.3) is 5.91 Å². The van der Waals surface area contributed by atoms with Gasteiger partial charge in [-0.3, -0.25) is 4.79 Å². The van der Waals surface area contributed by atoms with E-state index in [1.807, 2.05) is 68.4 Å². The molecular weight excluding hydrogens is 376 g/mol. The van der Waals surface area contributed by atoms with E-state index in [1.54, 1.807) is 24.1 Å². The molecule has 3 aromatic carbocycles. The highest BCUT2D eigenvalue weighted by atomic mass is 16.5. The molecule has 1 amide bonds. The Bertz CT molecular complexity index is 1180. The molecule has 30 heavy (non-hydrogen) atoms. The van der Waals surface area contributed by atoms with E-state index in [-0.39, 0.29) is 12.5 Å². The second-order valence-corrected chi connectivity index (χ2v) is 7.43. The van der Waals surface area contributed by atoms with Crippen LogP contribution in [0.2, 0.25) is 0 Å². The number of amides is 1. The van der Waals surface area contributed by atoms with Crippen molar-refractivity contribution < 1.29 is 13.9 Å². The highest BCUT2D eigenvalue weighted by Crippen LogP contribution is 2.23. The largest absolute Gasteiger partial charge is 0.496 e. The lowest BCUT2D eigenvalue weighted by molar-refractivity contribution is 0.0712. The Kier molecular flexibility index (Phi) is 5.53. The van der Waals surface area contributed by atoms with Gasteiger partial charge in [0.15, 0.2) is 5.58 Å². The van der Waals surface area contributed by atoms with Gasteiger partial charge in [-0.15, -0.1) is 0 Å². The third-order valence-electron chi connectivity index (χ3n) is 5.03. The summed E-state index contributed by atoms with van der Waals surface area (Å²) >= 11 is 0. The van der Waals surface area contributed by atoms with Crippen LogP contribution >= 0.6 is 0 Å². The zero-order valence-electron chi connectivity index (χ0n) is 17.4. The summed E-state index contributed by atoms with van der Waals surface area (Å²) in [5.74, 6) is 0.919. The molecular formula is C25H24N2O3. The summed E-state index contributed by atoms with van der Waals surface area (Å²) in [7, 11) is 1.57. The SMILES string of the molecule is COc1ccccc1C(=O)N(Cc1ccc(C)cc1)Cc1nc2cc(C)ccc2o1. The number of fused-ring (bicyclic) bond motifs is 1. The quantitative estimate of drug-likeness (QED) is 0.441. The molecule has 0 spiro atoms. The summed E-state index contributed by atoms with van der Waals surface area (Å²) in [5.41, 5.74) is 5.36. The van der Waals surface area contributed by atoms with Crippen molar-refractivity contribution in [3.63, 3.8) is 0 Å². The van der Waals surface area contributed by atoms with E-state index in [1.165, 1.54) is 5.56 Å². The van der Waals surface area contributed by atoms with Crippen molar-refractivity contribution in [3.05, 3.63) is 94.9 Å². The lowest BCUT2D eigenvalue weighted by Crippen LogP contribution is -2.30. The number of aryl methyl sites for hydroxylation is 2. The van der Waals surface area contributed by atoms with E-state index in [2.05, 4.69) is 4.98 Å². The van der Waals surface area contributed by atoms with Crippen LogP contribution in [0.25, 0.3) is 11.1 Å². The second-order valence-electron chi connectivity index (χ2n) is 7.43. The molecule has 0 aliphatic rings. The Hall–Kier alpha value is -3.60. The van der Waals surface area contributed by atoms with Gasteiger partial charge in [0.2, 0.25) is 5.89 Å². The van der Waals surface area contributed by atoms with Gasteiger partial charge in [-0.1, -0.05) is 48.0 Å². The molecule has 0 aliphatic heterocycles. The molecule has 4 aromatic rings. The summed E-state index contributed by atoms with van der Waals surface area (Å²) in [6.45, 7) is 4.76. The van der Waals surface area contributed by atoms with E-state index < -0.39 is 0 Å². The fraction of sp³-hybridized carbons (Fsp3) is 0.200. The molecule has 1 heterocycles. The summed E-state index contributed by atoms with van der Waals surface area (Å²) in [4.78, 5) is 19.8. The van der Waals surface area contributed by atoms with E-state index >= 15 is 0 Å². The predicted molar refractivity (Wildman–Crippen MR) is 116 cm³/mol. The van der Waals surface area contributed by atoms with Crippen LogP contribution in [0.1, 0.15) is 32.9 Å². The van der Waals surface area contributed by atoms with Crippen molar-refractivity contribution in [3.8, 4) is 5.75 Å². The molecule has 0 N–H and O–H groups in total. The number of rotatable bonds is 6. The van der Waals surface area contributed by atoms with Crippen molar-refractivity contribution >= 4 is 17.0 Å². The van der Waals surface area contributed by atoms with E-state index in [0.29, 0.717) is 23.7 Å². The van der Waals surface area contributed by atoms with Crippen LogP contribution in [-0.2, 0) is 13.1 Å². The van der Waals surface area contributed by atoms with E-state index in [4.69, 9.17) is 9.15 Å². The van der Waals surface area contributed by atoms with Gasteiger partial charge in [0, 0.05) is 6.54 Å². The molecule has 4 rings (SSSR count). The summed E-state index contributed by atoms with van der Waals surface area (Å²) in [5, 5.41) is 0. The number of nitrogens with zero attached hydrogens (tertiary/aromatic N) is 2. The number of benzene rings is 3. The number of carbonyl (C=O) groups is 1. The van der Waals surface area contributed by atoms with Crippen LogP contribution < -0.4 is 4.74 Å². The maximum atomic E-state index is 13.4. The summed E-state index contributed by atoms with van der Waals surface area (Å²) in [6.07, 6.45) is 0. The maximum Gasteiger partial charge on any atom is 0.258 e. The molecule has 0 bridgehead atoms. The normalized spacial score (nSPS) is 10.9. The van der Waals surface area contributed by atoms with Crippen LogP contribution in [0.4, 0.5) is 0 Å². The van der Waals surface area contributed by atoms with Gasteiger partial charge in [0.05, 0.1) is 19.2 Å². The van der Waals surface area contributed by atoms with Gasteiger partial charge in [-0.25, -0.2) is 4.98 Å². The predicted octanol–water partition coefficient (Wildman–Crippen LogP) is 5.30. The maximum absolute atomic E-state index is 13.4. The number of aromatic nitrogens is 1. The molecule has 0 fully saturated rings. The minimum atomic E-state index is -0.133. The van der Waals surface area contributed by atoms with Crippen LogP contribution in [0.3, 0.4) is 0 Å². The van der Waals surface area contributed by atoms with Crippen LogP contribution in [0, 0.1) is 13.8 Å². The highest BCUT2D eigenvalue weighted by molar-refractivity contribution is 5.96. The van der Waals surface area contributed by atoms with Gasteiger partial charge in [-0.2, -0.15) is 0 Å². The lowest BCUT2D eigenvalue weighted by Gasteiger charge is -2.22. The van der Waals surface area contributed by atoms with Crippen molar-refractivity contribution in [2.45, 2.75) is 26.9 Å². The molecule has 0 radical (unpaired) electrons. The molecule has 0 saturated heterocycles. The number of oxazole rings is 1. The lowest BCUT2D eigenvalue weighted by atomic mass is 10.1. The molecule has 5 nitrogen and oxygen atoms in total. The third kappa shape index (κ3) is 4.20. The number of methoxy groups -OCH3 is 1. The number of carbonyl (C=O) groups excluding carboxylic acids is 1. The Morgan fingerprint density at radius 2 is 1.70 bits per heavy atom. The van der Waals surface area contributed by atoms with Crippen molar-refractivity contribution in [1.82, 2.24) is 9.88 Å². The third-order valence-corrected chi connectivity index (χ3v) is 5.03. The smallest absolute Gasteiger partial charge is 0.258 e. The Morgan fingerprint density at radius 3 is 2.47 bits per heavy atom. The first-order valence-corrected chi connectivity index (χ1v) is 9.87. The van der Waals surface area contributed by atoms with Crippen molar-refractivity contribution in [2.24, 2.45) is 0 Å². The first kappa shape index (κ1) is 19.7. The number of hydrogen-bond acceptors (Lipinski definition) is 4. The molecule has 5 heteroatoms. The average molecular weight is 400 g/mol. The van der Waals surface area contributed by atoms with Crippen molar-refractivity contribution in [2.75, 3.05) is 7.11 Å². The number of para-hydroxylation sites is 1. The van der Waals surface area contributed by atoms with Crippen LogP contribution in [-0.4, -0.2) is 22.9 Å². The van der Waals surface area contributed by atoms with Crippen LogP contribution in [0.15, 0.2) is 71.1 Å². The molecule has 1 aromatic heterocycles. The Labute approximate surface area is 175 Å². The second kappa shape index (κ2) is 8.41. The van der Waals surface area contributed by atoms with Gasteiger partial charge >= 0.3 is 0 Å². The fourth-order valence-corrected chi connectivity index (χ4v) is 3.42. The van der Waals surface area contributed by atoms with E-state index in [0.717, 1.165) is 22.2 Å². The van der Waals surface area contributed by atoms with Gasteiger partial charge < -0.3 is 14.1 Å². The molecule has 0 saturated carbocycles. The monoisotopic (exact) mass is 400 g/mol. The minimum Gasteiger partial charge on any atom is -0.496 e. The molecule has 0 unspecified atom stereocenters. The minimum absolute atomic E-state index is 0.133. The highest BCUT2D eigenvalue weighted by Gasteiger charge is 2.22. The topological polar surface area (TPSA) is 55.6 Å². The number of ether oxygens (including phenoxy) is 1. The van der Waals surface area contributed by atoms with Crippen LogP contribution in [0.5, 0.6) is 5.75 Å². The fourth-order valence-electron chi connectivity index (χ4n) is 3.42. The first-order valence-electron chi connectivity index (χ1n) is 9.87. The molecule has 152 valence electrons. The standard InChI is InChI=1S/C25H24N2O3/c1-17-8-11-19(12-9-17)15-27(25(28)20-6-4-5-7-22(20)29-3)16-24-26-21-14-18(2)10-13-23(21)30-24/h4-14H,15-16H2,1-3H3. The van der Waals surface area contributed by atoms with E-state index in [9.17, 15) is 4.79 Å². The van der Waals surface area contributed by atoms with Gasteiger partial charge in [-0.05, 0) is 49.2 Å². The zero-order chi connectivity index (χ0) is 21.1. The summed E-state index contributed by atoms with van der Waals surface area (Å²) in [6, 6.07) is 21.3. The van der Waals surface area contributed by atoms with Crippen molar-refractivity contribution in [1.29, 1.82) is 0 Å². The Balaban J connectivity index is 1.68. The molecule has 0 aliphatic carbocycles. The first-order chi connectivity index (χ1) is 14.5. The molecule has 0 atom stereocenters. The Morgan fingerprint density at radius 1 is 0.967 bits per heavy atom. The average Bonchev–Trinajstić information content (AvgIpc) is 3.15.